The van der Waals surface area contributed by atoms with Crippen molar-refractivity contribution in [3.05, 3.63) is 0 Å². The van der Waals surface area contributed by atoms with Crippen LogP contribution in [-0.2, 0) is 38.0 Å². The van der Waals surface area contributed by atoms with E-state index in [0.717, 1.165) is 25.7 Å². The topological polar surface area (TPSA) is 89.5 Å². The third kappa shape index (κ3) is 29.0. The second-order valence-electron chi connectivity index (χ2n) is 8.93. The fourth-order valence-electron chi connectivity index (χ4n) is 3.43. The second kappa shape index (κ2) is 30.0. The van der Waals surface area contributed by atoms with E-state index in [9.17, 15) is 9.59 Å². The van der Waals surface area contributed by atoms with Crippen LogP contribution >= 0.6 is 0 Å². The maximum atomic E-state index is 11.7. The summed E-state index contributed by atoms with van der Waals surface area (Å²) < 4.78 is 32.0. The lowest BCUT2D eigenvalue weighted by atomic mass is 10.1. The largest absolute Gasteiger partial charge is 0.463 e. The molecular weight excluding hydrogens is 464 g/mol. The first kappa shape index (κ1) is 34.8. The van der Waals surface area contributed by atoms with Gasteiger partial charge in [0.05, 0.1) is 52.9 Å². The SMILES string of the molecule is CCCCCCCCCC(=O)OCCOCCOCCOCCOCCOC(=O)CCCCCCC. The molecule has 8 nitrogen and oxygen atoms in total. The predicted octanol–water partition coefficient (Wildman–Crippen LogP) is 5.64. The zero-order chi connectivity index (χ0) is 26.4. The molecule has 0 aliphatic carbocycles. The van der Waals surface area contributed by atoms with Crippen LogP contribution in [0.5, 0.6) is 0 Å². The molecule has 0 unspecified atom stereocenters. The number of hydrogen-bond donors (Lipinski definition) is 0. The standard InChI is InChI=1S/C28H54O8/c1-3-5-7-9-10-12-14-16-28(30)36-26-24-34-22-20-32-18-17-31-19-21-33-23-25-35-27(29)15-13-11-8-6-4-2/h3-26H2,1-2H3. The van der Waals surface area contributed by atoms with E-state index in [1.165, 1.54) is 51.4 Å². The Morgan fingerprint density at radius 1 is 0.389 bits per heavy atom. The highest BCUT2D eigenvalue weighted by Gasteiger charge is 2.03. The Labute approximate surface area is 220 Å². The number of carbonyl (C=O) groups is 2. The Morgan fingerprint density at radius 3 is 1.00 bits per heavy atom. The fourth-order valence-corrected chi connectivity index (χ4v) is 3.43. The van der Waals surface area contributed by atoms with E-state index in [0.29, 0.717) is 65.7 Å². The summed E-state index contributed by atoms with van der Waals surface area (Å²) in [4.78, 5) is 23.2. The first-order valence-corrected chi connectivity index (χ1v) is 14.3. The summed E-state index contributed by atoms with van der Waals surface area (Å²) in [7, 11) is 0. The van der Waals surface area contributed by atoms with Crippen LogP contribution in [0, 0.1) is 0 Å². The minimum atomic E-state index is -0.146. The van der Waals surface area contributed by atoms with Crippen LogP contribution in [0.15, 0.2) is 0 Å². The van der Waals surface area contributed by atoms with Crippen LogP contribution in [0.3, 0.4) is 0 Å². The van der Waals surface area contributed by atoms with Gasteiger partial charge in [0.2, 0.25) is 0 Å². The van der Waals surface area contributed by atoms with Crippen LogP contribution < -0.4 is 0 Å². The van der Waals surface area contributed by atoms with Gasteiger partial charge in [-0.2, -0.15) is 0 Å². The van der Waals surface area contributed by atoms with Gasteiger partial charge in [0.15, 0.2) is 0 Å². The molecule has 0 rings (SSSR count). The lowest BCUT2D eigenvalue weighted by Crippen LogP contribution is -2.15. The van der Waals surface area contributed by atoms with Gasteiger partial charge in [-0.05, 0) is 12.8 Å². The quantitative estimate of drug-likeness (QED) is 0.0928. The van der Waals surface area contributed by atoms with Gasteiger partial charge in [-0.15, -0.1) is 0 Å². The molecule has 0 fully saturated rings. The second-order valence-corrected chi connectivity index (χ2v) is 8.93. The summed E-state index contributed by atoms with van der Waals surface area (Å²) in [5.41, 5.74) is 0. The van der Waals surface area contributed by atoms with Crippen LogP contribution in [-0.4, -0.2) is 78.0 Å². The average molecular weight is 519 g/mol. The molecule has 0 amide bonds. The zero-order valence-corrected chi connectivity index (χ0v) is 23.2. The minimum Gasteiger partial charge on any atom is -0.463 e. The minimum absolute atomic E-state index is 0.140. The van der Waals surface area contributed by atoms with Gasteiger partial charge in [-0.3, -0.25) is 9.59 Å². The number of rotatable bonds is 29. The van der Waals surface area contributed by atoms with Gasteiger partial charge in [0.1, 0.15) is 13.2 Å². The smallest absolute Gasteiger partial charge is 0.305 e. The van der Waals surface area contributed by atoms with Crippen molar-refractivity contribution in [2.24, 2.45) is 0 Å². The Bertz CT molecular complexity index is 472. The number of esters is 2. The van der Waals surface area contributed by atoms with Gasteiger partial charge in [-0.1, -0.05) is 78.1 Å². The van der Waals surface area contributed by atoms with E-state index in [4.69, 9.17) is 28.4 Å². The summed E-state index contributed by atoms with van der Waals surface area (Å²) in [5, 5.41) is 0. The van der Waals surface area contributed by atoms with Crippen molar-refractivity contribution >= 4 is 11.9 Å². The Kier molecular flexibility index (Phi) is 29.0. The summed E-state index contributed by atoms with van der Waals surface area (Å²) in [6.07, 6.45) is 14.9. The Morgan fingerprint density at radius 2 is 0.667 bits per heavy atom. The average Bonchev–Trinajstić information content (AvgIpc) is 2.87. The first-order valence-electron chi connectivity index (χ1n) is 14.3. The van der Waals surface area contributed by atoms with Gasteiger partial charge < -0.3 is 28.4 Å². The van der Waals surface area contributed by atoms with E-state index in [1.54, 1.807) is 0 Å². The third-order valence-corrected chi connectivity index (χ3v) is 5.57. The molecule has 8 heteroatoms. The molecule has 0 atom stereocenters. The van der Waals surface area contributed by atoms with Crippen LogP contribution in [0.2, 0.25) is 0 Å². The van der Waals surface area contributed by atoms with Crippen LogP contribution in [0.1, 0.15) is 104 Å². The maximum absolute atomic E-state index is 11.7. The number of unbranched alkanes of at least 4 members (excludes halogenated alkanes) is 10. The number of ether oxygens (including phenoxy) is 6. The summed E-state index contributed by atoms with van der Waals surface area (Å²) in [6, 6.07) is 0. The van der Waals surface area contributed by atoms with E-state index < -0.39 is 0 Å². The molecule has 0 saturated heterocycles. The lowest BCUT2D eigenvalue weighted by molar-refractivity contribution is -0.146. The van der Waals surface area contributed by atoms with E-state index >= 15 is 0 Å². The third-order valence-electron chi connectivity index (χ3n) is 5.57. The predicted molar refractivity (Wildman–Crippen MR) is 141 cm³/mol. The summed E-state index contributed by atoms with van der Waals surface area (Å²) in [5.74, 6) is -0.286. The van der Waals surface area contributed by atoms with Crippen molar-refractivity contribution in [1.82, 2.24) is 0 Å². The van der Waals surface area contributed by atoms with Crippen molar-refractivity contribution in [2.45, 2.75) is 104 Å². The molecule has 0 heterocycles. The molecule has 0 spiro atoms. The van der Waals surface area contributed by atoms with Crippen molar-refractivity contribution < 1.29 is 38.0 Å². The molecule has 0 aromatic heterocycles. The molecule has 0 bridgehead atoms. The summed E-state index contributed by atoms with van der Waals surface area (Å²) >= 11 is 0. The van der Waals surface area contributed by atoms with Crippen LogP contribution in [0.4, 0.5) is 0 Å². The highest BCUT2D eigenvalue weighted by molar-refractivity contribution is 5.69. The normalized spacial score (nSPS) is 11.1. The first-order chi connectivity index (χ1) is 17.7. The molecule has 0 aromatic rings. The zero-order valence-electron chi connectivity index (χ0n) is 23.2. The Balaban J connectivity index is 3.18. The molecule has 0 N–H and O–H groups in total. The molecule has 214 valence electrons. The molecule has 0 aliphatic heterocycles. The summed E-state index contributed by atoms with van der Waals surface area (Å²) in [6.45, 7) is 8.53. The fraction of sp³-hybridized carbons (Fsp3) is 0.929. The molecule has 36 heavy (non-hydrogen) atoms. The lowest BCUT2D eigenvalue weighted by Gasteiger charge is -2.08. The highest BCUT2D eigenvalue weighted by Crippen LogP contribution is 2.09. The van der Waals surface area contributed by atoms with E-state index in [1.807, 2.05) is 0 Å². The van der Waals surface area contributed by atoms with Gasteiger partial charge in [0.25, 0.3) is 0 Å². The van der Waals surface area contributed by atoms with E-state index in [2.05, 4.69) is 13.8 Å². The molecule has 0 radical (unpaired) electrons. The monoisotopic (exact) mass is 518 g/mol. The van der Waals surface area contributed by atoms with Crippen molar-refractivity contribution in [2.75, 3.05) is 66.1 Å². The highest BCUT2D eigenvalue weighted by atomic mass is 16.6. The number of carbonyl (C=O) groups excluding carboxylic acids is 2. The maximum Gasteiger partial charge on any atom is 0.305 e. The molecular formula is C28H54O8. The van der Waals surface area contributed by atoms with Gasteiger partial charge in [-0.25, -0.2) is 0 Å². The molecule has 0 aromatic carbocycles. The number of hydrogen-bond acceptors (Lipinski definition) is 8. The van der Waals surface area contributed by atoms with Crippen LogP contribution in [0.25, 0.3) is 0 Å². The van der Waals surface area contributed by atoms with Gasteiger partial charge in [0, 0.05) is 12.8 Å². The van der Waals surface area contributed by atoms with Crippen molar-refractivity contribution in [3.8, 4) is 0 Å². The Hall–Kier alpha value is -1.22. The van der Waals surface area contributed by atoms with Crippen molar-refractivity contribution in [3.63, 3.8) is 0 Å². The molecule has 0 saturated carbocycles. The van der Waals surface area contributed by atoms with Gasteiger partial charge >= 0.3 is 11.9 Å². The van der Waals surface area contributed by atoms with Crippen molar-refractivity contribution in [1.29, 1.82) is 0 Å². The van der Waals surface area contributed by atoms with E-state index in [-0.39, 0.29) is 25.2 Å². The molecule has 0 aliphatic rings.